The number of amides is 2. The van der Waals surface area contributed by atoms with Crippen molar-refractivity contribution in [2.75, 3.05) is 31.6 Å². The Balaban J connectivity index is 1.45. The summed E-state index contributed by atoms with van der Waals surface area (Å²) >= 11 is 6.03. The van der Waals surface area contributed by atoms with Gasteiger partial charge in [0.15, 0.2) is 0 Å². The Bertz CT molecular complexity index is 1030. The summed E-state index contributed by atoms with van der Waals surface area (Å²) in [6.07, 6.45) is 3.19. The summed E-state index contributed by atoms with van der Waals surface area (Å²) in [6.45, 7) is 2.43. The van der Waals surface area contributed by atoms with Crippen molar-refractivity contribution in [1.82, 2.24) is 14.7 Å². The molecule has 1 aliphatic heterocycles. The highest BCUT2D eigenvalue weighted by atomic mass is 35.5. The van der Waals surface area contributed by atoms with Crippen LogP contribution in [0.25, 0.3) is 10.8 Å². The van der Waals surface area contributed by atoms with Gasteiger partial charge in [0.25, 0.3) is 5.91 Å². The van der Waals surface area contributed by atoms with Crippen LogP contribution in [0.1, 0.15) is 10.4 Å². The number of hydrogen-bond acceptors (Lipinski definition) is 4. The summed E-state index contributed by atoms with van der Waals surface area (Å²) in [7, 11) is 0. The normalized spacial score (nSPS) is 14.2. The molecule has 0 unspecified atom stereocenters. The highest BCUT2D eigenvalue weighted by Crippen LogP contribution is 2.23. The van der Waals surface area contributed by atoms with Gasteiger partial charge in [0.2, 0.25) is 5.91 Å². The lowest BCUT2D eigenvalue weighted by Gasteiger charge is -2.26. The molecule has 0 spiro atoms. The fourth-order valence-corrected chi connectivity index (χ4v) is 3.40. The molecule has 0 aliphatic carbocycles. The first-order valence-corrected chi connectivity index (χ1v) is 9.35. The molecular weight excluding hydrogens is 380 g/mol. The molecule has 1 fully saturated rings. The molecule has 7 nitrogen and oxygen atoms in total. The molecule has 8 heteroatoms. The first kappa shape index (κ1) is 18.5. The number of halogens is 1. The van der Waals surface area contributed by atoms with Crippen molar-refractivity contribution in [3.8, 4) is 0 Å². The molecule has 1 aromatic heterocycles. The zero-order valence-corrected chi connectivity index (χ0v) is 15.9. The van der Waals surface area contributed by atoms with Crippen LogP contribution in [0.3, 0.4) is 0 Å². The summed E-state index contributed by atoms with van der Waals surface area (Å²) < 4.78 is 6.78. The van der Waals surface area contributed by atoms with Crippen LogP contribution in [0.5, 0.6) is 0 Å². The fraction of sp³-hybridized carbons (Fsp3) is 0.250. The third-order valence-corrected chi connectivity index (χ3v) is 4.87. The van der Waals surface area contributed by atoms with Crippen LogP contribution in [-0.4, -0.2) is 52.8 Å². The van der Waals surface area contributed by atoms with Gasteiger partial charge in [-0.3, -0.25) is 14.3 Å². The van der Waals surface area contributed by atoms with E-state index in [4.69, 9.17) is 16.3 Å². The molecule has 1 saturated heterocycles. The van der Waals surface area contributed by atoms with E-state index >= 15 is 0 Å². The number of aromatic nitrogens is 2. The monoisotopic (exact) mass is 398 g/mol. The second-order valence-corrected chi connectivity index (χ2v) is 6.98. The summed E-state index contributed by atoms with van der Waals surface area (Å²) in [4.78, 5) is 26.8. The Morgan fingerprint density at radius 3 is 2.82 bits per heavy atom. The Labute approximate surface area is 166 Å². The van der Waals surface area contributed by atoms with E-state index in [1.807, 2.05) is 24.3 Å². The van der Waals surface area contributed by atoms with Gasteiger partial charge in [-0.25, -0.2) is 0 Å². The second-order valence-electron chi connectivity index (χ2n) is 6.54. The maximum Gasteiger partial charge on any atom is 0.256 e. The zero-order valence-electron chi connectivity index (χ0n) is 15.1. The van der Waals surface area contributed by atoms with Crippen LogP contribution in [0.4, 0.5) is 5.69 Å². The minimum Gasteiger partial charge on any atom is -0.378 e. The van der Waals surface area contributed by atoms with Crippen LogP contribution in [0.2, 0.25) is 5.02 Å². The number of ether oxygens (including phenoxy) is 1. The Hall–Kier alpha value is -2.90. The lowest BCUT2D eigenvalue weighted by molar-refractivity contribution is -0.136. The largest absolute Gasteiger partial charge is 0.378 e. The summed E-state index contributed by atoms with van der Waals surface area (Å²) in [5, 5.41) is 9.35. The minimum atomic E-state index is -0.244. The predicted octanol–water partition coefficient (Wildman–Crippen LogP) is 2.80. The van der Waals surface area contributed by atoms with Crippen LogP contribution in [0, 0.1) is 0 Å². The number of carbonyl (C=O) groups is 2. The van der Waals surface area contributed by atoms with E-state index in [9.17, 15) is 9.59 Å². The minimum absolute atomic E-state index is 0.0183. The lowest BCUT2D eigenvalue weighted by Crippen LogP contribution is -2.42. The summed E-state index contributed by atoms with van der Waals surface area (Å²) in [5.74, 6) is -0.262. The number of benzene rings is 2. The van der Waals surface area contributed by atoms with Crippen LogP contribution >= 0.6 is 11.6 Å². The van der Waals surface area contributed by atoms with E-state index in [0.717, 1.165) is 10.8 Å². The molecule has 2 aromatic carbocycles. The van der Waals surface area contributed by atoms with Crippen molar-refractivity contribution >= 4 is 39.9 Å². The average molecular weight is 399 g/mol. The van der Waals surface area contributed by atoms with E-state index < -0.39 is 0 Å². The molecule has 0 atom stereocenters. The second kappa shape index (κ2) is 8.00. The smallest absolute Gasteiger partial charge is 0.256 e. The Morgan fingerprint density at radius 2 is 2.00 bits per heavy atom. The molecule has 2 amide bonds. The van der Waals surface area contributed by atoms with Crippen LogP contribution in [0.15, 0.2) is 48.8 Å². The predicted molar refractivity (Wildman–Crippen MR) is 107 cm³/mol. The van der Waals surface area contributed by atoms with Gasteiger partial charge in [0.05, 0.1) is 25.1 Å². The quantitative estimate of drug-likeness (QED) is 0.733. The van der Waals surface area contributed by atoms with Gasteiger partial charge in [0.1, 0.15) is 6.54 Å². The maximum absolute atomic E-state index is 12.7. The van der Waals surface area contributed by atoms with Gasteiger partial charge in [-0.2, -0.15) is 5.10 Å². The van der Waals surface area contributed by atoms with Crippen LogP contribution in [-0.2, 0) is 16.1 Å². The number of morpholine rings is 1. The number of nitrogens with zero attached hydrogens (tertiary/aromatic N) is 3. The van der Waals surface area contributed by atoms with Gasteiger partial charge >= 0.3 is 0 Å². The first-order valence-electron chi connectivity index (χ1n) is 8.98. The van der Waals surface area contributed by atoms with Gasteiger partial charge in [-0.05, 0) is 29.0 Å². The Morgan fingerprint density at radius 1 is 1.18 bits per heavy atom. The lowest BCUT2D eigenvalue weighted by atomic mass is 10.0. The molecule has 28 heavy (non-hydrogen) atoms. The van der Waals surface area contributed by atoms with E-state index in [1.165, 1.54) is 10.9 Å². The topological polar surface area (TPSA) is 76.5 Å². The number of nitrogens with one attached hydrogen (secondary N) is 1. The van der Waals surface area contributed by atoms with Crippen molar-refractivity contribution in [3.63, 3.8) is 0 Å². The average Bonchev–Trinajstić information content (AvgIpc) is 3.14. The van der Waals surface area contributed by atoms with Crippen molar-refractivity contribution in [1.29, 1.82) is 0 Å². The molecule has 4 rings (SSSR count). The molecule has 0 bridgehead atoms. The number of anilines is 1. The number of hydrogen-bond donors (Lipinski definition) is 1. The van der Waals surface area contributed by atoms with E-state index in [0.29, 0.717) is 42.6 Å². The molecule has 1 N–H and O–H groups in total. The fourth-order valence-electron chi connectivity index (χ4n) is 3.22. The van der Waals surface area contributed by atoms with Gasteiger partial charge in [0, 0.05) is 29.9 Å². The third kappa shape index (κ3) is 4.00. The number of rotatable bonds is 4. The van der Waals surface area contributed by atoms with E-state index in [-0.39, 0.29) is 18.4 Å². The van der Waals surface area contributed by atoms with Crippen molar-refractivity contribution in [2.45, 2.75) is 6.54 Å². The molecule has 0 radical (unpaired) electrons. The third-order valence-electron chi connectivity index (χ3n) is 4.64. The van der Waals surface area contributed by atoms with Gasteiger partial charge in [-0.15, -0.1) is 0 Å². The summed E-state index contributed by atoms with van der Waals surface area (Å²) in [6, 6.07) is 10.9. The highest BCUT2D eigenvalue weighted by Gasteiger charge is 2.18. The van der Waals surface area contributed by atoms with E-state index in [1.54, 1.807) is 23.2 Å². The van der Waals surface area contributed by atoms with E-state index in [2.05, 4.69) is 10.4 Å². The molecule has 2 heterocycles. The molecule has 144 valence electrons. The van der Waals surface area contributed by atoms with Crippen LogP contribution < -0.4 is 5.32 Å². The molecule has 3 aromatic rings. The molecule has 0 saturated carbocycles. The maximum atomic E-state index is 12.7. The van der Waals surface area contributed by atoms with Gasteiger partial charge in [-0.1, -0.05) is 29.8 Å². The van der Waals surface area contributed by atoms with Crippen molar-refractivity contribution in [3.05, 3.63) is 59.4 Å². The van der Waals surface area contributed by atoms with Crippen molar-refractivity contribution in [2.24, 2.45) is 0 Å². The first-order chi connectivity index (χ1) is 13.6. The SMILES string of the molecule is O=C(Nc1cnn(CC(=O)N2CCOCC2)c1)c1cccc2cc(Cl)ccc12. The number of fused-ring (bicyclic) bond motifs is 1. The highest BCUT2D eigenvalue weighted by molar-refractivity contribution is 6.31. The zero-order chi connectivity index (χ0) is 19.5. The Kier molecular flexibility index (Phi) is 5.27. The van der Waals surface area contributed by atoms with Crippen molar-refractivity contribution < 1.29 is 14.3 Å². The summed E-state index contributed by atoms with van der Waals surface area (Å²) in [5.41, 5.74) is 1.08. The standard InChI is InChI=1S/C20H19ClN4O3/c21-15-4-5-17-14(10-15)2-1-3-18(17)20(27)23-16-11-22-25(12-16)13-19(26)24-6-8-28-9-7-24/h1-5,10-12H,6-9,13H2,(H,23,27). The molecule has 1 aliphatic rings. The molecular formula is C20H19ClN4O3. The van der Waals surface area contributed by atoms with Gasteiger partial charge < -0.3 is 15.0 Å². The number of carbonyl (C=O) groups excluding carboxylic acids is 2.